The van der Waals surface area contributed by atoms with Gasteiger partial charge in [-0.15, -0.1) is 0 Å². The van der Waals surface area contributed by atoms with E-state index in [1.807, 2.05) is 19.2 Å². The van der Waals surface area contributed by atoms with Gasteiger partial charge in [-0.25, -0.2) is 0 Å². The number of ether oxygens (including phenoxy) is 1. The highest BCUT2D eigenvalue weighted by Gasteiger charge is 2.72. The number of hydrogen-bond donors (Lipinski definition) is 4. The molecule has 214 valence electrons. The minimum Gasteiger partial charge on any atom is -0.504 e. The first-order chi connectivity index (χ1) is 19.6. The number of halogens is 2. The van der Waals surface area contributed by atoms with E-state index >= 15 is 0 Å². The van der Waals surface area contributed by atoms with Crippen molar-refractivity contribution in [1.82, 2.24) is 4.90 Å². The number of nitrogens with one attached hydrogen (secondary N) is 1. The molecule has 0 radical (unpaired) electrons. The quantitative estimate of drug-likeness (QED) is 0.328. The zero-order valence-electron chi connectivity index (χ0n) is 22.4. The summed E-state index contributed by atoms with van der Waals surface area (Å²) in [6.07, 6.45) is 1.54. The van der Waals surface area contributed by atoms with E-state index in [-0.39, 0.29) is 24.0 Å². The predicted molar refractivity (Wildman–Crippen MR) is 156 cm³/mol. The molecule has 0 amide bonds. The summed E-state index contributed by atoms with van der Waals surface area (Å²) < 4.78 is 5.94. The van der Waals surface area contributed by atoms with Crippen LogP contribution < -0.4 is 10.1 Å². The number of aliphatic hydroxyl groups is 1. The SMILES string of the molecule is CN1CC[C@]23c4c5ccc(O)c4O[C@H]2C(=O)CC[C@@]3(O)[C@H]1C5.O=C(O)Cc1ccccc1Nc1c(Cl)cccc1Cl. The van der Waals surface area contributed by atoms with Crippen molar-refractivity contribution in [3.05, 3.63) is 81.3 Å². The van der Waals surface area contributed by atoms with E-state index in [9.17, 15) is 19.8 Å². The summed E-state index contributed by atoms with van der Waals surface area (Å²) in [7, 11) is 2.04. The summed E-state index contributed by atoms with van der Waals surface area (Å²) in [6.45, 7) is 0.828. The second-order valence-electron chi connectivity index (χ2n) is 11.2. The van der Waals surface area contributed by atoms with Crippen LogP contribution in [0.25, 0.3) is 0 Å². The van der Waals surface area contributed by atoms with E-state index in [0.29, 0.717) is 52.0 Å². The van der Waals surface area contributed by atoms with Gasteiger partial charge in [0, 0.05) is 23.7 Å². The molecule has 4 N–H and O–H groups in total. The number of benzene rings is 3. The Bertz CT molecular complexity index is 1540. The topological polar surface area (TPSA) is 119 Å². The number of piperidine rings is 1. The van der Waals surface area contributed by atoms with Crippen molar-refractivity contribution in [3.8, 4) is 11.5 Å². The van der Waals surface area contributed by atoms with Gasteiger partial charge < -0.3 is 30.3 Å². The van der Waals surface area contributed by atoms with Gasteiger partial charge in [-0.2, -0.15) is 0 Å². The Morgan fingerprint density at radius 2 is 1.83 bits per heavy atom. The molecular weight excluding hydrogens is 567 g/mol. The minimum absolute atomic E-state index is 0.00319. The maximum absolute atomic E-state index is 12.5. The summed E-state index contributed by atoms with van der Waals surface area (Å²) in [6, 6.07) is 15.9. The molecular formula is C31H30Cl2N2O6. The van der Waals surface area contributed by atoms with Gasteiger partial charge in [-0.05, 0) is 68.2 Å². The number of rotatable bonds is 4. The number of likely N-dealkylation sites (tertiary alicyclic amines) is 1. The number of carbonyl (C=O) groups is 2. The molecule has 2 fully saturated rings. The van der Waals surface area contributed by atoms with Crippen molar-refractivity contribution in [3.63, 3.8) is 0 Å². The van der Waals surface area contributed by atoms with E-state index in [2.05, 4.69) is 10.2 Å². The van der Waals surface area contributed by atoms with E-state index in [0.717, 1.165) is 24.1 Å². The highest BCUT2D eigenvalue weighted by Crippen LogP contribution is 2.64. The molecule has 8 nitrogen and oxygen atoms in total. The summed E-state index contributed by atoms with van der Waals surface area (Å²) in [5.74, 6) is -0.329. The molecule has 7 rings (SSSR count). The number of likely N-dealkylation sites (N-methyl/N-ethyl adjacent to an activating group) is 1. The number of aliphatic carboxylic acids is 1. The van der Waals surface area contributed by atoms with Gasteiger partial charge in [0.15, 0.2) is 23.4 Å². The maximum atomic E-state index is 12.5. The van der Waals surface area contributed by atoms with Crippen LogP contribution >= 0.6 is 23.2 Å². The van der Waals surface area contributed by atoms with Crippen molar-refractivity contribution >= 4 is 46.3 Å². The van der Waals surface area contributed by atoms with Crippen LogP contribution in [0.4, 0.5) is 11.4 Å². The number of carboxylic acid groups (broad SMARTS) is 1. The van der Waals surface area contributed by atoms with Gasteiger partial charge in [0.2, 0.25) is 0 Å². The van der Waals surface area contributed by atoms with E-state index in [4.69, 9.17) is 33.0 Å². The number of nitrogens with zero attached hydrogens (tertiary/aromatic N) is 1. The van der Waals surface area contributed by atoms with E-state index < -0.39 is 23.1 Å². The Balaban J connectivity index is 0.000000150. The Labute approximate surface area is 247 Å². The maximum Gasteiger partial charge on any atom is 0.307 e. The third-order valence-electron chi connectivity index (χ3n) is 9.11. The lowest BCUT2D eigenvalue weighted by Crippen LogP contribution is -2.76. The van der Waals surface area contributed by atoms with Crippen LogP contribution in [0.1, 0.15) is 36.0 Å². The highest BCUT2D eigenvalue weighted by atomic mass is 35.5. The largest absolute Gasteiger partial charge is 0.504 e. The number of hydrogen-bond acceptors (Lipinski definition) is 7. The zero-order valence-corrected chi connectivity index (χ0v) is 23.9. The van der Waals surface area contributed by atoms with Crippen molar-refractivity contribution in [1.29, 1.82) is 0 Å². The molecule has 4 atom stereocenters. The fraction of sp³-hybridized carbons (Fsp3) is 0.355. The number of anilines is 2. The average molecular weight is 597 g/mol. The van der Waals surface area contributed by atoms with Gasteiger partial charge in [0.25, 0.3) is 0 Å². The van der Waals surface area contributed by atoms with Crippen LogP contribution in [0, 0.1) is 0 Å². The van der Waals surface area contributed by atoms with Crippen LogP contribution in [-0.4, -0.2) is 63.3 Å². The summed E-state index contributed by atoms with van der Waals surface area (Å²) in [4.78, 5) is 25.6. The van der Waals surface area contributed by atoms with Gasteiger partial charge in [-0.3, -0.25) is 9.59 Å². The molecule has 1 saturated carbocycles. The van der Waals surface area contributed by atoms with Gasteiger partial charge >= 0.3 is 5.97 Å². The molecule has 2 bridgehead atoms. The van der Waals surface area contributed by atoms with Crippen molar-refractivity contribution in [2.45, 2.75) is 55.3 Å². The number of aromatic hydroxyl groups is 1. The third-order valence-corrected chi connectivity index (χ3v) is 9.74. The number of Topliss-reactive ketones (excluding diaryl/α,β-unsaturated/α-hetero) is 1. The highest BCUT2D eigenvalue weighted by molar-refractivity contribution is 6.39. The molecule has 10 heteroatoms. The Kier molecular flexibility index (Phi) is 6.93. The molecule has 2 aliphatic heterocycles. The Hall–Kier alpha value is -3.30. The lowest BCUT2D eigenvalue weighted by molar-refractivity contribution is -0.185. The monoisotopic (exact) mass is 596 g/mol. The third kappa shape index (κ3) is 4.27. The summed E-state index contributed by atoms with van der Waals surface area (Å²) >= 11 is 12.1. The van der Waals surface area contributed by atoms with Crippen molar-refractivity contribution < 1.29 is 29.6 Å². The number of carboxylic acids is 1. The smallest absolute Gasteiger partial charge is 0.307 e. The molecule has 2 heterocycles. The standard InChI is InChI=1S/C17H19NO4.C14H11Cl2NO2/c1-18-7-6-16-13-9-2-3-10(19)14(13)22-15(16)11(20)4-5-17(16,21)12(18)8-9;15-10-5-3-6-11(16)14(10)17-12-7-2-1-4-9(12)8-13(18)19/h2-3,12,15,19,21H,4-8H2,1H3;1-7,17H,8H2,(H,18,19)/t12-,15+,16+,17-;/m1./s1. The molecule has 4 aliphatic rings. The second kappa shape index (κ2) is 10.2. The van der Waals surface area contributed by atoms with Gasteiger partial charge in [-0.1, -0.05) is 53.5 Å². The zero-order chi connectivity index (χ0) is 29.1. The van der Waals surface area contributed by atoms with Crippen LogP contribution in [0.2, 0.25) is 10.0 Å². The normalized spacial score (nSPS) is 27.3. The number of phenolic OH excluding ortho intramolecular Hbond substituents is 1. The van der Waals surface area contributed by atoms with Crippen LogP contribution in [0.3, 0.4) is 0 Å². The summed E-state index contributed by atoms with van der Waals surface area (Å²) in [5.41, 5.74) is 2.30. The van der Waals surface area contributed by atoms with Crippen LogP contribution in [0.15, 0.2) is 54.6 Å². The summed E-state index contributed by atoms with van der Waals surface area (Å²) in [5, 5.41) is 34.8. The van der Waals surface area contributed by atoms with Crippen molar-refractivity contribution in [2.24, 2.45) is 0 Å². The fourth-order valence-corrected chi connectivity index (χ4v) is 7.74. The number of phenols is 1. The first-order valence-corrected chi connectivity index (χ1v) is 14.3. The van der Waals surface area contributed by atoms with E-state index in [1.165, 1.54) is 0 Å². The van der Waals surface area contributed by atoms with Gasteiger partial charge in [0.1, 0.15) is 0 Å². The Morgan fingerprint density at radius 3 is 2.56 bits per heavy atom. The van der Waals surface area contributed by atoms with Gasteiger partial charge in [0.05, 0.1) is 33.2 Å². The van der Waals surface area contributed by atoms with Crippen molar-refractivity contribution in [2.75, 3.05) is 18.9 Å². The van der Waals surface area contributed by atoms with Crippen LogP contribution in [0.5, 0.6) is 11.5 Å². The molecule has 1 spiro atoms. The predicted octanol–water partition coefficient (Wildman–Crippen LogP) is 5.11. The molecule has 3 aromatic rings. The average Bonchev–Trinajstić information content (AvgIpc) is 3.30. The number of para-hydroxylation sites is 2. The lowest BCUT2D eigenvalue weighted by Gasteiger charge is -2.61. The molecule has 41 heavy (non-hydrogen) atoms. The first kappa shape index (κ1) is 27.8. The van der Waals surface area contributed by atoms with E-state index in [1.54, 1.807) is 42.5 Å². The minimum atomic E-state index is -0.954. The second-order valence-corrected chi connectivity index (χ2v) is 12.0. The fourth-order valence-electron chi connectivity index (χ4n) is 7.25. The number of ketones is 1. The van der Waals surface area contributed by atoms with Crippen LogP contribution in [-0.2, 0) is 27.8 Å². The molecule has 3 aromatic carbocycles. The number of carbonyl (C=O) groups excluding carboxylic acids is 1. The molecule has 0 unspecified atom stereocenters. The Morgan fingerprint density at radius 1 is 1.10 bits per heavy atom. The first-order valence-electron chi connectivity index (χ1n) is 13.5. The lowest BCUT2D eigenvalue weighted by atomic mass is 9.49. The molecule has 1 saturated heterocycles. The molecule has 0 aromatic heterocycles. The molecule has 2 aliphatic carbocycles.